The van der Waals surface area contributed by atoms with Gasteiger partial charge in [-0.2, -0.15) is 0 Å². The molecular formula is C16H29NO3. The molecule has 4 heteroatoms. The SMILES string of the molecule is CC1CCCC1C(=O)N[C@H](C(=O)OC(C)(C)C)C(C)C. The lowest BCUT2D eigenvalue weighted by molar-refractivity contribution is -0.160. The van der Waals surface area contributed by atoms with Gasteiger partial charge in [-0.15, -0.1) is 0 Å². The van der Waals surface area contributed by atoms with Crippen molar-refractivity contribution in [3.05, 3.63) is 0 Å². The van der Waals surface area contributed by atoms with Gasteiger partial charge in [-0.25, -0.2) is 4.79 Å². The van der Waals surface area contributed by atoms with Crippen molar-refractivity contribution in [2.75, 3.05) is 0 Å². The summed E-state index contributed by atoms with van der Waals surface area (Å²) >= 11 is 0. The fraction of sp³-hybridized carbons (Fsp3) is 0.875. The van der Waals surface area contributed by atoms with E-state index in [1.807, 2.05) is 34.6 Å². The highest BCUT2D eigenvalue weighted by molar-refractivity contribution is 5.86. The standard InChI is InChI=1S/C16H29NO3/c1-10(2)13(15(19)20-16(4,5)6)17-14(18)12-9-7-8-11(12)3/h10-13H,7-9H2,1-6H3,(H,17,18)/t11?,12?,13-/m0/s1. The molecular weight excluding hydrogens is 254 g/mol. The molecule has 1 aliphatic carbocycles. The third-order valence-electron chi connectivity index (χ3n) is 3.82. The molecule has 4 nitrogen and oxygen atoms in total. The Morgan fingerprint density at radius 2 is 1.80 bits per heavy atom. The Balaban J connectivity index is 2.67. The van der Waals surface area contributed by atoms with Gasteiger partial charge in [0.25, 0.3) is 0 Å². The van der Waals surface area contributed by atoms with Gasteiger partial charge < -0.3 is 10.1 Å². The monoisotopic (exact) mass is 283 g/mol. The van der Waals surface area contributed by atoms with Gasteiger partial charge in [-0.05, 0) is 45.4 Å². The van der Waals surface area contributed by atoms with Crippen LogP contribution in [0.15, 0.2) is 0 Å². The minimum absolute atomic E-state index is 0.000408. The second-order valence-corrected chi connectivity index (χ2v) is 7.28. The van der Waals surface area contributed by atoms with Crippen LogP contribution in [0.25, 0.3) is 0 Å². The molecule has 0 bridgehead atoms. The van der Waals surface area contributed by atoms with Gasteiger partial charge in [0.2, 0.25) is 5.91 Å². The Bertz CT molecular complexity index is 357. The molecule has 0 aromatic heterocycles. The van der Waals surface area contributed by atoms with Crippen LogP contribution >= 0.6 is 0 Å². The van der Waals surface area contributed by atoms with Gasteiger partial charge in [-0.1, -0.05) is 27.2 Å². The summed E-state index contributed by atoms with van der Waals surface area (Å²) in [7, 11) is 0. The molecule has 1 amide bonds. The van der Waals surface area contributed by atoms with Crippen LogP contribution in [0.5, 0.6) is 0 Å². The van der Waals surface area contributed by atoms with E-state index in [1.54, 1.807) is 0 Å². The van der Waals surface area contributed by atoms with Crippen molar-refractivity contribution < 1.29 is 14.3 Å². The van der Waals surface area contributed by atoms with Gasteiger partial charge in [-0.3, -0.25) is 4.79 Å². The number of esters is 1. The van der Waals surface area contributed by atoms with Crippen molar-refractivity contribution in [2.45, 2.75) is 72.4 Å². The van der Waals surface area contributed by atoms with Crippen LogP contribution in [0, 0.1) is 17.8 Å². The zero-order valence-corrected chi connectivity index (χ0v) is 13.7. The Morgan fingerprint density at radius 1 is 1.20 bits per heavy atom. The third-order valence-corrected chi connectivity index (χ3v) is 3.82. The summed E-state index contributed by atoms with van der Waals surface area (Å²) in [4.78, 5) is 24.5. The molecule has 0 heterocycles. The van der Waals surface area contributed by atoms with Crippen LogP contribution in [0.3, 0.4) is 0 Å². The lowest BCUT2D eigenvalue weighted by atomic mass is 9.95. The summed E-state index contributed by atoms with van der Waals surface area (Å²) in [6.07, 6.45) is 3.11. The molecule has 116 valence electrons. The average Bonchev–Trinajstić information content (AvgIpc) is 2.69. The second-order valence-electron chi connectivity index (χ2n) is 7.28. The molecule has 20 heavy (non-hydrogen) atoms. The lowest BCUT2D eigenvalue weighted by Crippen LogP contribution is -2.49. The fourth-order valence-electron chi connectivity index (χ4n) is 2.66. The van der Waals surface area contributed by atoms with E-state index in [0.29, 0.717) is 5.92 Å². The van der Waals surface area contributed by atoms with Crippen LogP contribution in [0.2, 0.25) is 0 Å². The first-order chi connectivity index (χ1) is 9.11. The Labute approximate surface area is 122 Å². The van der Waals surface area contributed by atoms with E-state index in [4.69, 9.17) is 4.74 Å². The van der Waals surface area contributed by atoms with Crippen molar-refractivity contribution in [3.8, 4) is 0 Å². The molecule has 0 aromatic carbocycles. The molecule has 0 saturated heterocycles. The summed E-state index contributed by atoms with van der Waals surface area (Å²) in [5, 5.41) is 2.90. The van der Waals surface area contributed by atoms with Crippen LogP contribution in [-0.4, -0.2) is 23.5 Å². The lowest BCUT2D eigenvalue weighted by Gasteiger charge is -2.28. The summed E-state index contributed by atoms with van der Waals surface area (Å²) in [6, 6.07) is -0.561. The number of nitrogens with one attached hydrogen (secondary N) is 1. The summed E-state index contributed by atoms with van der Waals surface area (Å²) in [5.74, 6) is 0.122. The van der Waals surface area contributed by atoms with Crippen LogP contribution in [-0.2, 0) is 14.3 Å². The van der Waals surface area contributed by atoms with Crippen LogP contribution in [0.1, 0.15) is 60.8 Å². The van der Waals surface area contributed by atoms with Gasteiger partial charge in [0.05, 0.1) is 0 Å². The number of hydrogen-bond donors (Lipinski definition) is 1. The highest BCUT2D eigenvalue weighted by Gasteiger charge is 2.34. The number of hydrogen-bond acceptors (Lipinski definition) is 3. The summed E-state index contributed by atoms with van der Waals surface area (Å²) in [5.41, 5.74) is -0.532. The molecule has 1 rings (SSSR count). The van der Waals surface area contributed by atoms with Crippen molar-refractivity contribution in [1.29, 1.82) is 0 Å². The number of carbonyl (C=O) groups excluding carboxylic acids is 2. The number of carbonyl (C=O) groups is 2. The van der Waals surface area contributed by atoms with Crippen molar-refractivity contribution in [2.24, 2.45) is 17.8 Å². The number of amides is 1. The minimum Gasteiger partial charge on any atom is -0.458 e. The summed E-state index contributed by atoms with van der Waals surface area (Å²) < 4.78 is 5.40. The summed E-state index contributed by atoms with van der Waals surface area (Å²) in [6.45, 7) is 11.5. The molecule has 1 fully saturated rings. The van der Waals surface area contributed by atoms with E-state index < -0.39 is 11.6 Å². The van der Waals surface area contributed by atoms with E-state index >= 15 is 0 Å². The molecule has 0 aromatic rings. The van der Waals surface area contributed by atoms with Crippen molar-refractivity contribution in [1.82, 2.24) is 5.32 Å². The normalized spacial score (nSPS) is 24.6. The molecule has 1 aliphatic rings. The third kappa shape index (κ3) is 4.80. The molecule has 0 spiro atoms. The quantitative estimate of drug-likeness (QED) is 0.807. The maximum absolute atomic E-state index is 12.3. The van der Waals surface area contributed by atoms with Crippen molar-refractivity contribution in [3.63, 3.8) is 0 Å². The highest BCUT2D eigenvalue weighted by atomic mass is 16.6. The van der Waals surface area contributed by atoms with Crippen molar-refractivity contribution >= 4 is 11.9 Å². The maximum Gasteiger partial charge on any atom is 0.329 e. The number of rotatable bonds is 4. The maximum atomic E-state index is 12.3. The largest absolute Gasteiger partial charge is 0.458 e. The van der Waals surface area contributed by atoms with Gasteiger partial charge in [0.15, 0.2) is 0 Å². The number of ether oxygens (including phenoxy) is 1. The second kappa shape index (κ2) is 6.59. The fourth-order valence-corrected chi connectivity index (χ4v) is 2.66. The molecule has 1 N–H and O–H groups in total. The molecule has 1 saturated carbocycles. The topological polar surface area (TPSA) is 55.4 Å². The first-order valence-electron chi connectivity index (χ1n) is 7.65. The molecule has 0 aliphatic heterocycles. The smallest absolute Gasteiger partial charge is 0.329 e. The average molecular weight is 283 g/mol. The first kappa shape index (κ1) is 17.0. The van der Waals surface area contributed by atoms with Crippen LogP contribution in [0.4, 0.5) is 0 Å². The van der Waals surface area contributed by atoms with Crippen LogP contribution < -0.4 is 5.32 Å². The Morgan fingerprint density at radius 3 is 2.20 bits per heavy atom. The first-order valence-corrected chi connectivity index (χ1v) is 7.65. The molecule has 0 radical (unpaired) electrons. The van der Waals surface area contributed by atoms with E-state index in [9.17, 15) is 9.59 Å². The van der Waals surface area contributed by atoms with Gasteiger partial charge in [0, 0.05) is 5.92 Å². The molecule has 2 unspecified atom stereocenters. The highest BCUT2D eigenvalue weighted by Crippen LogP contribution is 2.31. The van der Waals surface area contributed by atoms with E-state index in [2.05, 4.69) is 12.2 Å². The Kier molecular flexibility index (Phi) is 5.60. The predicted octanol–water partition coefficient (Wildman–Crippen LogP) is 2.91. The van der Waals surface area contributed by atoms with E-state index in [-0.39, 0.29) is 23.7 Å². The Hall–Kier alpha value is -1.06. The zero-order chi connectivity index (χ0) is 15.5. The van der Waals surface area contributed by atoms with E-state index in [0.717, 1.165) is 19.3 Å². The van der Waals surface area contributed by atoms with E-state index in [1.165, 1.54) is 0 Å². The molecule has 3 atom stereocenters. The zero-order valence-electron chi connectivity index (χ0n) is 13.7. The minimum atomic E-state index is -0.561. The van der Waals surface area contributed by atoms with Gasteiger partial charge in [0.1, 0.15) is 11.6 Å². The van der Waals surface area contributed by atoms with Gasteiger partial charge >= 0.3 is 5.97 Å². The predicted molar refractivity (Wildman–Crippen MR) is 79.1 cm³/mol.